The Morgan fingerprint density at radius 2 is 0.839 bits per heavy atom. The molecule has 0 heterocycles. The standard InChI is InChI=1S/C28H23AsO2/c1-22(30)27(28(31)23-14-6-2-7-15-23)29(24-16-8-3-9-17-24,25-18-10-4-11-19-25)26-20-12-5-13-21-26/h2-21H,1H3. The zero-order chi connectivity index (χ0) is 21.7. The first-order valence-corrected chi connectivity index (χ1v) is 13.9. The molecule has 2 nitrogen and oxygen atoms in total. The van der Waals surface area contributed by atoms with Gasteiger partial charge in [0.1, 0.15) is 0 Å². The van der Waals surface area contributed by atoms with Crippen LogP contribution >= 0.6 is 0 Å². The van der Waals surface area contributed by atoms with E-state index in [9.17, 15) is 9.59 Å². The van der Waals surface area contributed by atoms with Crippen LogP contribution < -0.4 is 13.1 Å². The third-order valence-corrected chi connectivity index (χ3v) is 14.6. The zero-order valence-corrected chi connectivity index (χ0v) is 19.2. The van der Waals surface area contributed by atoms with Crippen molar-refractivity contribution >= 4 is 42.0 Å². The topological polar surface area (TPSA) is 34.1 Å². The van der Waals surface area contributed by atoms with Crippen LogP contribution in [0.3, 0.4) is 0 Å². The molecule has 0 aliphatic carbocycles. The van der Waals surface area contributed by atoms with Crippen molar-refractivity contribution in [3.05, 3.63) is 127 Å². The average molecular weight is 466 g/mol. The van der Waals surface area contributed by atoms with E-state index in [0.717, 1.165) is 13.1 Å². The average Bonchev–Trinajstić information content (AvgIpc) is 2.84. The van der Waals surface area contributed by atoms with Gasteiger partial charge in [0.2, 0.25) is 0 Å². The molecular weight excluding hydrogens is 443 g/mol. The summed E-state index contributed by atoms with van der Waals surface area (Å²) >= 11 is -3.64. The van der Waals surface area contributed by atoms with Gasteiger partial charge in [0, 0.05) is 0 Å². The number of ketones is 2. The molecule has 0 unspecified atom stereocenters. The van der Waals surface area contributed by atoms with Gasteiger partial charge in [0.05, 0.1) is 0 Å². The fraction of sp³-hybridized carbons (Fsp3) is 0.0357. The molecule has 0 fully saturated rings. The van der Waals surface area contributed by atoms with Gasteiger partial charge >= 0.3 is 185 Å². The first-order valence-electron chi connectivity index (χ1n) is 10.2. The molecule has 4 rings (SSSR count). The van der Waals surface area contributed by atoms with E-state index < -0.39 is 13.1 Å². The monoisotopic (exact) mass is 466 g/mol. The molecule has 0 saturated heterocycles. The van der Waals surface area contributed by atoms with E-state index in [-0.39, 0.29) is 11.6 Å². The van der Waals surface area contributed by atoms with Gasteiger partial charge in [-0.05, 0) is 0 Å². The summed E-state index contributed by atoms with van der Waals surface area (Å²) in [6.07, 6.45) is 0. The quantitative estimate of drug-likeness (QED) is 0.248. The van der Waals surface area contributed by atoms with Crippen LogP contribution in [-0.2, 0) is 4.79 Å². The van der Waals surface area contributed by atoms with Crippen LogP contribution in [0, 0.1) is 0 Å². The molecular formula is C28H23AsO2. The normalized spacial score (nSPS) is 11.0. The van der Waals surface area contributed by atoms with Crippen molar-refractivity contribution in [3.63, 3.8) is 0 Å². The number of carbonyl (C=O) groups excluding carboxylic acids is 2. The van der Waals surface area contributed by atoms with Crippen LogP contribution in [-0.4, -0.2) is 29.0 Å². The second-order valence-electron chi connectivity index (χ2n) is 7.28. The molecule has 0 aliphatic rings. The maximum atomic E-state index is 13.9. The van der Waals surface area contributed by atoms with E-state index in [2.05, 4.69) is 36.4 Å². The van der Waals surface area contributed by atoms with Gasteiger partial charge in [0.25, 0.3) is 0 Å². The van der Waals surface area contributed by atoms with E-state index in [1.54, 1.807) is 12.1 Å². The summed E-state index contributed by atoms with van der Waals surface area (Å²) in [5.74, 6) is -0.352. The van der Waals surface area contributed by atoms with Crippen molar-refractivity contribution in [2.45, 2.75) is 6.92 Å². The molecule has 0 radical (unpaired) electrons. The van der Waals surface area contributed by atoms with E-state index in [1.807, 2.05) is 72.8 Å². The van der Waals surface area contributed by atoms with Crippen molar-refractivity contribution < 1.29 is 9.59 Å². The maximum absolute atomic E-state index is 13.9. The Hall–Kier alpha value is -3.35. The predicted octanol–water partition coefficient (Wildman–Crippen LogP) is 3.38. The van der Waals surface area contributed by atoms with E-state index >= 15 is 0 Å². The summed E-state index contributed by atoms with van der Waals surface area (Å²) in [5.41, 5.74) is 0.543. The Kier molecular flexibility index (Phi) is 6.20. The second kappa shape index (κ2) is 9.20. The number of rotatable bonds is 6. The second-order valence-corrected chi connectivity index (χ2v) is 14.3. The molecule has 4 aromatic carbocycles. The SMILES string of the molecule is CC(=O)C(C(=O)c1ccccc1)=[As](c1ccccc1)(c1ccccc1)c1ccccc1. The van der Waals surface area contributed by atoms with Crippen molar-refractivity contribution in [2.24, 2.45) is 0 Å². The first kappa shape index (κ1) is 20.9. The fourth-order valence-electron chi connectivity index (χ4n) is 4.06. The van der Waals surface area contributed by atoms with Crippen molar-refractivity contribution in [1.82, 2.24) is 0 Å². The molecule has 0 N–H and O–H groups in total. The van der Waals surface area contributed by atoms with Crippen molar-refractivity contribution in [2.75, 3.05) is 0 Å². The Labute approximate surface area is 185 Å². The van der Waals surface area contributed by atoms with Crippen LogP contribution in [0.15, 0.2) is 121 Å². The first-order chi connectivity index (χ1) is 15.2. The number of hydrogen-bond acceptors (Lipinski definition) is 2. The van der Waals surface area contributed by atoms with Gasteiger partial charge in [-0.15, -0.1) is 0 Å². The van der Waals surface area contributed by atoms with Gasteiger partial charge in [0.15, 0.2) is 0 Å². The molecule has 0 bridgehead atoms. The molecule has 0 spiro atoms. The minimum atomic E-state index is -3.64. The Morgan fingerprint density at radius 3 is 1.16 bits per heavy atom. The van der Waals surface area contributed by atoms with Crippen LogP contribution in [0.5, 0.6) is 0 Å². The number of hydrogen-bond donors (Lipinski definition) is 0. The summed E-state index contributed by atoms with van der Waals surface area (Å²) in [6, 6.07) is 39.3. The van der Waals surface area contributed by atoms with E-state index in [0.29, 0.717) is 9.87 Å². The summed E-state index contributed by atoms with van der Waals surface area (Å²) in [7, 11) is 0. The van der Waals surface area contributed by atoms with Gasteiger partial charge in [-0.25, -0.2) is 0 Å². The van der Waals surface area contributed by atoms with Crippen molar-refractivity contribution in [1.29, 1.82) is 0 Å². The fourth-order valence-corrected chi connectivity index (χ4v) is 13.4. The molecule has 0 saturated carbocycles. The third-order valence-electron chi connectivity index (χ3n) is 5.35. The molecule has 3 heteroatoms. The van der Waals surface area contributed by atoms with Gasteiger partial charge in [-0.3, -0.25) is 0 Å². The predicted molar refractivity (Wildman–Crippen MR) is 130 cm³/mol. The van der Waals surface area contributed by atoms with Crippen LogP contribution in [0.4, 0.5) is 0 Å². The molecule has 31 heavy (non-hydrogen) atoms. The van der Waals surface area contributed by atoms with Gasteiger partial charge in [-0.1, -0.05) is 0 Å². The molecule has 4 aromatic rings. The minimum absolute atomic E-state index is 0.169. The molecule has 152 valence electrons. The van der Waals surface area contributed by atoms with Crippen LogP contribution in [0.2, 0.25) is 0 Å². The van der Waals surface area contributed by atoms with Gasteiger partial charge in [-0.2, -0.15) is 0 Å². The molecule has 0 aliphatic heterocycles. The van der Waals surface area contributed by atoms with Crippen molar-refractivity contribution in [3.8, 4) is 0 Å². The Balaban J connectivity index is 2.25. The summed E-state index contributed by atoms with van der Waals surface area (Å²) in [5, 5.41) is 0. The zero-order valence-electron chi connectivity index (χ0n) is 17.3. The number of Topliss-reactive ketones (excluding diaryl/α,β-unsaturated/α-hetero) is 2. The van der Waals surface area contributed by atoms with Crippen LogP contribution in [0.1, 0.15) is 17.3 Å². The summed E-state index contributed by atoms with van der Waals surface area (Å²) in [6.45, 7) is 1.53. The summed E-state index contributed by atoms with van der Waals surface area (Å²) in [4.78, 5) is 27.2. The van der Waals surface area contributed by atoms with E-state index in [4.69, 9.17) is 0 Å². The summed E-state index contributed by atoms with van der Waals surface area (Å²) < 4.78 is 3.56. The molecule has 0 atom stereocenters. The molecule has 0 amide bonds. The third kappa shape index (κ3) is 3.87. The van der Waals surface area contributed by atoms with Gasteiger partial charge < -0.3 is 0 Å². The Bertz CT molecular complexity index is 1140. The number of carbonyl (C=O) groups is 2. The number of benzene rings is 4. The van der Waals surface area contributed by atoms with Crippen LogP contribution in [0.25, 0.3) is 0 Å². The van der Waals surface area contributed by atoms with E-state index in [1.165, 1.54) is 6.92 Å². The Morgan fingerprint density at radius 1 is 0.516 bits per heavy atom. The molecule has 0 aromatic heterocycles.